The minimum atomic E-state index is -0.571. The van der Waals surface area contributed by atoms with Gasteiger partial charge in [-0.1, -0.05) is 282 Å². The molecule has 24 aromatic rings. The molecule has 0 aliphatic heterocycles. The second kappa shape index (κ2) is 35.0. The van der Waals surface area contributed by atoms with Crippen LogP contribution >= 0.6 is 22.7 Å². The number of imidazole rings is 2. The third-order valence-electron chi connectivity index (χ3n) is 23.2. The van der Waals surface area contributed by atoms with Crippen molar-refractivity contribution < 1.29 is 74.4 Å². The Morgan fingerprint density at radius 2 is 0.685 bits per heavy atom. The van der Waals surface area contributed by atoms with E-state index in [1.807, 2.05) is 60.7 Å². The van der Waals surface area contributed by atoms with Crippen molar-refractivity contribution >= 4 is 129 Å². The summed E-state index contributed by atoms with van der Waals surface area (Å²) in [6, 6.07) is 106. The van der Waals surface area contributed by atoms with E-state index in [1.165, 1.54) is 47.5 Å². The molecular weight excluding hydrogens is 2000 g/mol. The number of fused-ring (bicyclic) bond motifs is 14. The van der Waals surface area contributed by atoms with Crippen LogP contribution in [0.25, 0.3) is 185 Å². The van der Waals surface area contributed by atoms with Crippen molar-refractivity contribution in [2.24, 2.45) is 11.8 Å². The molecule has 0 radical (unpaired) electrons. The third kappa shape index (κ3) is 14.8. The number of ether oxygens (including phenoxy) is 2. The number of hydrogen-bond donors (Lipinski definition) is 0. The van der Waals surface area contributed by atoms with E-state index in [0.29, 0.717) is 51.6 Å². The monoisotopic (exact) mass is 2080 g/mol. The van der Waals surface area contributed by atoms with Gasteiger partial charge < -0.3 is 27.7 Å². The van der Waals surface area contributed by atoms with E-state index < -0.39 is 60.4 Å². The van der Waals surface area contributed by atoms with Crippen LogP contribution in [0.5, 0.6) is 23.0 Å². The molecule has 8 heterocycles. The molecule has 0 aliphatic carbocycles. The smallest absolute Gasteiger partial charge is 0.268 e. The molecule has 0 saturated heterocycles. The van der Waals surface area contributed by atoms with Gasteiger partial charge in [0.15, 0.2) is 0 Å². The number of hydrogen-bond acceptors (Lipinski definition) is 8. The summed E-state index contributed by atoms with van der Waals surface area (Å²) in [5, 5.41) is 7.05. The second-order valence-corrected chi connectivity index (χ2v) is 34.3. The van der Waals surface area contributed by atoms with E-state index in [9.17, 15) is 0 Å². The van der Waals surface area contributed by atoms with Crippen LogP contribution < -0.4 is 18.6 Å². The molecule has 130 heavy (non-hydrogen) atoms. The van der Waals surface area contributed by atoms with Crippen LogP contribution in [-0.2, 0) is 55.0 Å². The molecule has 0 saturated carbocycles. The van der Waals surface area contributed by atoms with Crippen molar-refractivity contribution in [1.29, 1.82) is 0 Å². The van der Waals surface area contributed by atoms with Gasteiger partial charge in [0.05, 0.1) is 85.9 Å². The van der Waals surface area contributed by atoms with Crippen LogP contribution in [0.1, 0.15) is 52.5 Å². The molecule has 0 spiro atoms. The Bertz CT molecular complexity index is 8760. The Hall–Kier alpha value is -14.4. The first-order valence-electron chi connectivity index (χ1n) is 47.3. The number of rotatable bonds is 18. The molecule has 12 nitrogen and oxygen atoms in total. The second-order valence-electron chi connectivity index (χ2n) is 32.3. The van der Waals surface area contributed by atoms with E-state index in [-0.39, 0.29) is 70.1 Å². The SMILES string of the molecule is CC(C)Cc1cccc2c1sc1c(-c3[c-]c(Oc4[c-]c(-n5[c-][n+](-c6c(-n7c8ccccc8c8ccccc87)cccc6-n6c7ccccc7c7ccccc76)c6ccccc65)ccc4)ccc3)ncnc12.[2H]c1c([2H])c([2H])c(-c2cccc(-c3c([2H])c([2H])c([2H])c([2H])c3[2H])c2-[n+]2[c-]n(-c3[c-]c(Oc4[c-]c(-c5ncnc6c5sc5c(CC(C)C)cccc56)ccc4)ccc3)c3ccccc32)c([2H])c1[2H].[Pt].[Pt]. The summed E-state index contributed by atoms with van der Waals surface area (Å²) in [6.45, 7) is 8.95. The van der Waals surface area contributed by atoms with Crippen molar-refractivity contribution in [2.45, 2.75) is 40.5 Å². The fraction of sp³-hybridized carbons (Fsp3) is 0.0702. The molecule has 0 aliphatic rings. The van der Waals surface area contributed by atoms with E-state index >= 15 is 0 Å². The van der Waals surface area contributed by atoms with Gasteiger partial charge in [0.2, 0.25) is 0 Å². The number of nitrogens with zero attached hydrogens (tertiary/aromatic N) is 10. The molecule has 0 atom stereocenters. The predicted octanol–water partition coefficient (Wildman–Crippen LogP) is 27.8. The van der Waals surface area contributed by atoms with Crippen LogP contribution in [0.3, 0.4) is 0 Å². The first kappa shape index (κ1) is 71.6. The van der Waals surface area contributed by atoms with Gasteiger partial charge in [-0.05, 0) is 106 Å². The molecule has 24 rings (SSSR count). The average molecular weight is 2080 g/mol. The Kier molecular flexibility index (Phi) is 19.3. The minimum absolute atomic E-state index is 0. The Labute approximate surface area is 802 Å². The fourth-order valence-electron chi connectivity index (χ4n) is 17.9. The maximum atomic E-state index is 8.97. The largest absolute Gasteiger partial charge is 0.503 e. The minimum Gasteiger partial charge on any atom is -0.503 e. The van der Waals surface area contributed by atoms with E-state index in [1.54, 1.807) is 93.0 Å². The van der Waals surface area contributed by atoms with Gasteiger partial charge in [-0.2, -0.15) is 24.3 Å². The molecule has 8 aromatic heterocycles. The fourth-order valence-corrected chi connectivity index (χ4v) is 20.5. The molecule has 0 unspecified atom stereocenters. The van der Waals surface area contributed by atoms with Crippen LogP contribution in [0.15, 0.2) is 364 Å². The van der Waals surface area contributed by atoms with Crippen molar-refractivity contribution in [3.8, 4) is 102 Å². The van der Waals surface area contributed by atoms with E-state index in [2.05, 4.69) is 270 Å². The predicted molar refractivity (Wildman–Crippen MR) is 520 cm³/mol. The topological polar surface area (TPSA) is 97.5 Å². The van der Waals surface area contributed by atoms with Crippen molar-refractivity contribution in [3.63, 3.8) is 0 Å². The van der Waals surface area contributed by atoms with Gasteiger partial charge >= 0.3 is 0 Å². The normalized spacial score (nSPS) is 12.7. The molecular formula is C114H78N10O2Pt2S2-4. The Morgan fingerprint density at radius 3 is 1.10 bits per heavy atom. The Morgan fingerprint density at radius 1 is 0.338 bits per heavy atom. The van der Waals surface area contributed by atoms with Gasteiger partial charge in [0.25, 0.3) is 12.7 Å². The molecule has 632 valence electrons. The molecule has 0 fully saturated rings. The van der Waals surface area contributed by atoms with Crippen molar-refractivity contribution in [2.75, 3.05) is 0 Å². The summed E-state index contributed by atoms with van der Waals surface area (Å²) < 4.78 is 117. The zero-order valence-corrected chi connectivity index (χ0v) is 76.4. The van der Waals surface area contributed by atoms with Crippen LogP contribution in [-0.4, -0.2) is 38.2 Å². The van der Waals surface area contributed by atoms with Gasteiger partial charge in [0, 0.05) is 128 Å². The van der Waals surface area contributed by atoms with Gasteiger partial charge in [-0.15, -0.1) is 94.5 Å². The van der Waals surface area contributed by atoms with Crippen molar-refractivity contribution in [3.05, 3.63) is 412 Å². The van der Waals surface area contributed by atoms with Crippen LogP contribution in [0, 0.1) is 48.8 Å². The van der Waals surface area contributed by atoms with Crippen LogP contribution in [0.4, 0.5) is 0 Å². The first-order chi connectivity index (χ1) is 67.3. The van der Waals surface area contributed by atoms with E-state index in [4.69, 9.17) is 38.1 Å². The molecule has 0 bridgehead atoms. The molecule has 0 N–H and O–H groups in total. The number of aromatic nitrogens is 10. The molecule has 16 aromatic carbocycles. The third-order valence-corrected chi connectivity index (χ3v) is 25.8. The van der Waals surface area contributed by atoms with Gasteiger partial charge in [-0.25, -0.2) is 9.97 Å². The summed E-state index contributed by atoms with van der Waals surface area (Å²) in [6.07, 6.45) is 12.5. The van der Waals surface area contributed by atoms with Gasteiger partial charge in [0.1, 0.15) is 18.3 Å². The summed E-state index contributed by atoms with van der Waals surface area (Å²) in [5.74, 6) is 2.94. The van der Waals surface area contributed by atoms with Gasteiger partial charge in [-0.3, -0.25) is 19.1 Å². The standard InChI is InChI=1S/C63H42N6OS.C51H36N4OS.2Pt/c1-40(2)35-42-18-14-26-50-60-63(71-62(42)50)59(64-38-65-60)41-17-13-20-44(36-41)70-45-21-15-19-43(37-45)66-39-67(56-32-12-11-31-55(56)66)61-57(68-51-27-7-3-22-46(51)47-23-4-8-28-52(47)68)33-16-34-58(61)69-53-29-9-5-24-48(53)49-25-6-10-30-54(49)69;1-34(2)29-38-20-12-26-44-48-51(57-50(38)44)47(52-32-53-48)37-19-11-22-40(30-37)56-41-23-13-21-39(31-41)54-33-55(46-28-10-9-27-45(46)54)49-42(35-15-5-3-6-16-35)24-14-25-43(49)36-17-7-4-8-18-36;;/h3-34,38,40H,35H2,1-2H3;3-28,32,34H,29H2,1-2H3;;/q2*-2;;/i;3D,4D,5D,6D,7D,8D,15D,16D,17D,18D;;. The maximum Gasteiger partial charge on any atom is 0.268 e. The number of benzene rings is 16. The quantitative estimate of drug-likeness (QED) is 0.0627. The molecule has 0 amide bonds. The zero-order chi connectivity index (χ0) is 94.2. The summed E-state index contributed by atoms with van der Waals surface area (Å²) >= 11 is 3.44. The number of para-hydroxylation sites is 10. The Balaban J connectivity index is 0.000000164. The van der Waals surface area contributed by atoms with E-state index in [0.717, 1.165) is 117 Å². The maximum absolute atomic E-state index is 8.97. The molecule has 16 heteroatoms. The number of thiophene rings is 2. The first-order valence-corrected chi connectivity index (χ1v) is 44.0. The summed E-state index contributed by atoms with van der Waals surface area (Å²) in [5.41, 5.74) is 19.7. The summed E-state index contributed by atoms with van der Waals surface area (Å²) in [7, 11) is 0. The van der Waals surface area contributed by atoms with Crippen LogP contribution in [0.2, 0.25) is 0 Å². The summed E-state index contributed by atoms with van der Waals surface area (Å²) in [4.78, 5) is 19.0. The average Bonchev–Trinajstić information content (AvgIpc) is 1.52. The van der Waals surface area contributed by atoms with Crippen molar-refractivity contribution in [1.82, 2.24) is 38.2 Å². The zero-order valence-electron chi connectivity index (χ0n) is 80.2.